The van der Waals surface area contributed by atoms with Crippen molar-refractivity contribution in [3.63, 3.8) is 0 Å². The molecule has 0 bridgehead atoms. The molecular formula is C12H25ClO12. The molecule has 2 rings (SSSR count). The highest BCUT2D eigenvalue weighted by molar-refractivity contribution is 5.85. The van der Waals surface area contributed by atoms with Gasteiger partial charge in [-0.3, -0.25) is 0 Å². The van der Waals surface area contributed by atoms with Gasteiger partial charge in [-0.05, 0) is 0 Å². The Kier molecular flexibility index (Phi) is 10.1. The second-order valence-electron chi connectivity index (χ2n) is 5.53. The van der Waals surface area contributed by atoms with Crippen LogP contribution in [0.2, 0.25) is 0 Å². The predicted octanol–water partition coefficient (Wildman–Crippen LogP) is -5.80. The fraction of sp³-hybridized carbons (Fsp3) is 1.00. The van der Waals surface area contributed by atoms with Crippen LogP contribution in [0, 0.1) is 0 Å². The third-order valence-corrected chi connectivity index (χ3v) is 3.98. The zero-order valence-corrected chi connectivity index (χ0v) is 13.7. The van der Waals surface area contributed by atoms with Crippen molar-refractivity contribution in [2.75, 3.05) is 13.2 Å². The molecule has 0 unspecified atom stereocenters. The standard InChI is InChI=1S/C12H22O11.ClH.H2O/c13-1-3-5(15)6(16)9(19)12(22-3)23-10-4(2-14)21-11(20)8(18)7(10)17;;/h3-20H,1-2H2;1H;1H2/t3-,4-,5+,6+,7-,8-,9-,10-,11+,12+;;/m1../s1. The molecule has 13 heteroatoms. The summed E-state index contributed by atoms with van der Waals surface area (Å²) in [5.41, 5.74) is 0. The maximum Gasteiger partial charge on any atom is 0.187 e. The Morgan fingerprint density at radius 1 is 0.680 bits per heavy atom. The minimum Gasteiger partial charge on any atom is -0.412 e. The molecule has 10 atom stereocenters. The van der Waals surface area contributed by atoms with Gasteiger partial charge in [0.2, 0.25) is 0 Å². The zero-order chi connectivity index (χ0) is 17.3. The topological polar surface area (TPSA) is 221 Å². The molecule has 2 fully saturated rings. The van der Waals surface area contributed by atoms with E-state index < -0.39 is 74.6 Å². The van der Waals surface area contributed by atoms with Crippen LogP contribution >= 0.6 is 12.4 Å². The van der Waals surface area contributed by atoms with Gasteiger partial charge in [-0.25, -0.2) is 0 Å². The lowest BCUT2D eigenvalue weighted by Gasteiger charge is -2.45. The summed E-state index contributed by atoms with van der Waals surface area (Å²) in [5, 5.41) is 76.5. The molecule has 0 aliphatic carbocycles. The van der Waals surface area contributed by atoms with Crippen molar-refractivity contribution < 1.29 is 60.5 Å². The molecule has 0 aromatic rings. The van der Waals surface area contributed by atoms with Crippen LogP contribution in [0.4, 0.5) is 0 Å². The molecule has 2 heterocycles. The number of hydrogen-bond acceptors (Lipinski definition) is 11. The summed E-state index contributed by atoms with van der Waals surface area (Å²) in [6.45, 7) is -1.35. The van der Waals surface area contributed by atoms with Gasteiger partial charge in [-0.1, -0.05) is 0 Å². The SMILES string of the molecule is Cl.O.OC[C@H]1O[C@@H](O[C@H]2[C@H](O)[C@@H](O)[C@@H](O)O[C@@H]2CO)[C@H](O)[C@@H](O)[C@H]1O. The van der Waals surface area contributed by atoms with Crippen LogP contribution in [-0.4, -0.2) is 121 Å². The Labute approximate surface area is 148 Å². The third kappa shape index (κ3) is 4.95. The average molecular weight is 397 g/mol. The zero-order valence-electron chi connectivity index (χ0n) is 12.9. The molecule has 0 spiro atoms. The summed E-state index contributed by atoms with van der Waals surface area (Å²) in [4.78, 5) is 0. The van der Waals surface area contributed by atoms with E-state index in [9.17, 15) is 35.7 Å². The molecule has 0 aromatic heterocycles. The summed E-state index contributed by atoms with van der Waals surface area (Å²) in [7, 11) is 0. The highest BCUT2D eigenvalue weighted by Gasteiger charge is 2.50. The molecule has 0 radical (unpaired) electrons. The van der Waals surface area contributed by atoms with Gasteiger partial charge in [0.15, 0.2) is 12.6 Å². The maximum absolute atomic E-state index is 9.94. The largest absolute Gasteiger partial charge is 0.412 e. The lowest BCUT2D eigenvalue weighted by molar-refractivity contribution is -0.355. The van der Waals surface area contributed by atoms with Gasteiger partial charge >= 0.3 is 0 Å². The molecule has 2 aliphatic heterocycles. The van der Waals surface area contributed by atoms with Crippen molar-refractivity contribution in [2.45, 2.75) is 61.4 Å². The molecule has 0 saturated carbocycles. The van der Waals surface area contributed by atoms with Crippen molar-refractivity contribution in [1.29, 1.82) is 0 Å². The van der Waals surface area contributed by atoms with Gasteiger partial charge in [0.25, 0.3) is 0 Å². The minimum absolute atomic E-state index is 0. The van der Waals surface area contributed by atoms with Gasteiger partial charge < -0.3 is 60.5 Å². The van der Waals surface area contributed by atoms with Gasteiger partial charge in [0, 0.05) is 0 Å². The van der Waals surface area contributed by atoms with Crippen LogP contribution in [-0.2, 0) is 14.2 Å². The normalized spacial score (nSPS) is 47.5. The summed E-state index contributed by atoms with van der Waals surface area (Å²) in [6.07, 6.45) is -15.6. The van der Waals surface area contributed by atoms with E-state index in [0.29, 0.717) is 0 Å². The highest BCUT2D eigenvalue weighted by Crippen LogP contribution is 2.28. The molecule has 152 valence electrons. The first-order chi connectivity index (χ1) is 10.8. The van der Waals surface area contributed by atoms with Crippen LogP contribution in [0.1, 0.15) is 0 Å². The second-order valence-corrected chi connectivity index (χ2v) is 5.53. The Morgan fingerprint density at radius 2 is 1.24 bits per heavy atom. The van der Waals surface area contributed by atoms with Crippen molar-refractivity contribution in [3.05, 3.63) is 0 Å². The second kappa shape index (κ2) is 10.2. The number of aliphatic hydroxyl groups excluding tert-OH is 8. The first-order valence-corrected chi connectivity index (χ1v) is 7.08. The lowest BCUT2D eigenvalue weighted by atomic mass is 9.97. The first-order valence-electron chi connectivity index (χ1n) is 7.08. The van der Waals surface area contributed by atoms with Gasteiger partial charge in [-0.15, -0.1) is 12.4 Å². The van der Waals surface area contributed by atoms with E-state index in [0.717, 1.165) is 0 Å². The molecule has 2 saturated heterocycles. The predicted molar refractivity (Wildman–Crippen MR) is 79.5 cm³/mol. The summed E-state index contributed by atoms with van der Waals surface area (Å²) >= 11 is 0. The van der Waals surface area contributed by atoms with Crippen molar-refractivity contribution in [2.24, 2.45) is 0 Å². The fourth-order valence-electron chi connectivity index (χ4n) is 2.57. The third-order valence-electron chi connectivity index (χ3n) is 3.98. The summed E-state index contributed by atoms with van der Waals surface area (Å²) < 4.78 is 15.3. The lowest BCUT2D eigenvalue weighted by Crippen LogP contribution is -2.64. The maximum atomic E-state index is 9.94. The van der Waals surface area contributed by atoms with Crippen molar-refractivity contribution in [3.8, 4) is 0 Å². The average Bonchev–Trinajstić information content (AvgIpc) is 2.55. The van der Waals surface area contributed by atoms with Crippen LogP contribution in [0.3, 0.4) is 0 Å². The molecule has 25 heavy (non-hydrogen) atoms. The first kappa shape index (κ1) is 24.8. The van der Waals surface area contributed by atoms with Crippen LogP contribution in [0.25, 0.3) is 0 Å². The molecule has 2 aliphatic rings. The molecule has 12 nitrogen and oxygen atoms in total. The van der Waals surface area contributed by atoms with E-state index in [-0.39, 0.29) is 17.9 Å². The molecule has 0 amide bonds. The minimum atomic E-state index is -1.74. The Balaban J connectivity index is 0.00000288. The van der Waals surface area contributed by atoms with E-state index in [1.165, 1.54) is 0 Å². The van der Waals surface area contributed by atoms with E-state index >= 15 is 0 Å². The monoisotopic (exact) mass is 396 g/mol. The van der Waals surface area contributed by atoms with E-state index in [2.05, 4.69) is 0 Å². The van der Waals surface area contributed by atoms with Crippen molar-refractivity contribution >= 4 is 12.4 Å². The van der Waals surface area contributed by atoms with Crippen LogP contribution in [0.5, 0.6) is 0 Å². The molecule has 10 N–H and O–H groups in total. The fourth-order valence-corrected chi connectivity index (χ4v) is 2.57. The van der Waals surface area contributed by atoms with Crippen LogP contribution < -0.4 is 0 Å². The van der Waals surface area contributed by atoms with Gasteiger partial charge in [0.05, 0.1) is 13.2 Å². The number of ether oxygens (including phenoxy) is 3. The summed E-state index contributed by atoms with van der Waals surface area (Å²) in [6, 6.07) is 0. The molecular weight excluding hydrogens is 372 g/mol. The van der Waals surface area contributed by atoms with Gasteiger partial charge in [0.1, 0.15) is 48.8 Å². The summed E-state index contributed by atoms with van der Waals surface area (Å²) in [5.74, 6) is 0. The van der Waals surface area contributed by atoms with E-state index in [4.69, 9.17) is 19.3 Å². The quantitative estimate of drug-likeness (QED) is 0.223. The Bertz CT molecular complexity index is 385. The number of halogens is 1. The Morgan fingerprint density at radius 3 is 1.76 bits per heavy atom. The highest BCUT2D eigenvalue weighted by atomic mass is 35.5. The van der Waals surface area contributed by atoms with Crippen molar-refractivity contribution in [1.82, 2.24) is 0 Å². The van der Waals surface area contributed by atoms with Crippen LogP contribution in [0.15, 0.2) is 0 Å². The number of rotatable bonds is 4. The number of aliphatic hydroxyl groups is 8. The van der Waals surface area contributed by atoms with Gasteiger partial charge in [-0.2, -0.15) is 0 Å². The smallest absolute Gasteiger partial charge is 0.187 e. The van der Waals surface area contributed by atoms with E-state index in [1.54, 1.807) is 0 Å². The van der Waals surface area contributed by atoms with E-state index in [1.807, 2.05) is 0 Å². The number of hydrogen-bond donors (Lipinski definition) is 8. The Hall–Kier alpha value is -0.190. The molecule has 0 aromatic carbocycles.